The summed E-state index contributed by atoms with van der Waals surface area (Å²) in [6.45, 7) is -0.259. The molecule has 0 fully saturated rings. The maximum Gasteiger partial charge on any atom is 0.306 e. The van der Waals surface area contributed by atoms with E-state index in [-0.39, 0.29) is 43.2 Å². The van der Waals surface area contributed by atoms with Gasteiger partial charge in [-0.25, -0.2) is 0 Å². The molecular weight excluding hydrogens is 562 g/mol. The molecule has 0 aliphatic heterocycles. The Kier molecular flexibility index (Phi) is 10.00. The third-order valence-electron chi connectivity index (χ3n) is 5.09. The van der Waals surface area contributed by atoms with Gasteiger partial charge in [0.2, 0.25) is 5.91 Å². The van der Waals surface area contributed by atoms with Gasteiger partial charge in [-0.15, -0.1) is 0 Å². The van der Waals surface area contributed by atoms with E-state index in [1.165, 1.54) is 6.07 Å². The number of esters is 1. The molecule has 0 aromatic heterocycles. The molecule has 0 atom stereocenters. The minimum absolute atomic E-state index is 0.00290. The van der Waals surface area contributed by atoms with Crippen molar-refractivity contribution in [2.45, 2.75) is 19.3 Å². The van der Waals surface area contributed by atoms with Gasteiger partial charge in [0.25, 0.3) is 5.69 Å². The first-order valence-corrected chi connectivity index (χ1v) is 12.0. The van der Waals surface area contributed by atoms with Crippen molar-refractivity contribution in [1.82, 2.24) is 0 Å². The Morgan fingerprint density at radius 3 is 2.29 bits per heavy atom. The summed E-state index contributed by atoms with van der Waals surface area (Å²) in [5.74, 6) is -0.779. The van der Waals surface area contributed by atoms with E-state index in [1.807, 2.05) is 6.07 Å². The van der Waals surface area contributed by atoms with Crippen molar-refractivity contribution in [3.63, 3.8) is 0 Å². The number of para-hydroxylation sites is 1. The number of hydrazone groups is 1. The molecular formula is C25H22BrN5O7. The predicted octanol–water partition coefficient (Wildman–Crippen LogP) is 5.43. The van der Waals surface area contributed by atoms with Crippen LogP contribution < -0.4 is 10.7 Å². The number of nitro benzene ring substituents is 2. The standard InChI is InChI=1S/C25H22BrN5O7/c26-18-11-9-17(10-12-18)22(29-28-21-14-13-20(30(34)35)15-23(21)31(36)37)16-38-25(33)8-4-7-24(32)27-19-5-2-1-3-6-19/h1-3,5-6,9-15,28H,4,7-8,16H2,(H,27,32). The minimum Gasteiger partial charge on any atom is -0.459 e. The molecule has 0 radical (unpaired) electrons. The zero-order chi connectivity index (χ0) is 27.5. The highest BCUT2D eigenvalue weighted by Crippen LogP contribution is 2.29. The summed E-state index contributed by atoms with van der Waals surface area (Å²) in [7, 11) is 0. The largest absolute Gasteiger partial charge is 0.459 e. The fourth-order valence-electron chi connectivity index (χ4n) is 3.19. The topological polar surface area (TPSA) is 166 Å². The number of carbonyl (C=O) groups excluding carboxylic acids is 2. The number of hydrogen-bond donors (Lipinski definition) is 2. The van der Waals surface area contributed by atoms with Crippen LogP contribution in [-0.4, -0.2) is 34.0 Å². The van der Waals surface area contributed by atoms with Crippen LogP contribution in [0.25, 0.3) is 0 Å². The number of non-ortho nitro benzene ring substituents is 1. The predicted molar refractivity (Wildman–Crippen MR) is 144 cm³/mol. The average molecular weight is 584 g/mol. The van der Waals surface area contributed by atoms with Gasteiger partial charge in [-0.1, -0.05) is 46.3 Å². The third kappa shape index (κ3) is 8.48. The van der Waals surface area contributed by atoms with Crippen molar-refractivity contribution in [3.05, 3.63) is 103 Å². The average Bonchev–Trinajstić information content (AvgIpc) is 2.89. The lowest BCUT2D eigenvalue weighted by atomic mass is 10.1. The molecule has 0 aliphatic rings. The van der Waals surface area contributed by atoms with Crippen LogP contribution in [0.4, 0.5) is 22.7 Å². The van der Waals surface area contributed by atoms with Gasteiger partial charge in [0.15, 0.2) is 0 Å². The Hall–Kier alpha value is -4.65. The Labute approximate surface area is 225 Å². The Morgan fingerprint density at radius 1 is 0.921 bits per heavy atom. The molecule has 0 saturated heterocycles. The summed E-state index contributed by atoms with van der Waals surface area (Å²) in [4.78, 5) is 45.2. The fraction of sp³-hybridized carbons (Fsp3) is 0.160. The third-order valence-corrected chi connectivity index (χ3v) is 5.62. The van der Waals surface area contributed by atoms with Gasteiger partial charge in [0.1, 0.15) is 18.0 Å². The molecule has 2 N–H and O–H groups in total. The smallest absolute Gasteiger partial charge is 0.306 e. The van der Waals surface area contributed by atoms with Crippen LogP contribution in [0, 0.1) is 20.2 Å². The highest BCUT2D eigenvalue weighted by atomic mass is 79.9. The number of benzene rings is 3. The van der Waals surface area contributed by atoms with Gasteiger partial charge in [-0.2, -0.15) is 5.10 Å². The first-order chi connectivity index (χ1) is 18.2. The normalized spacial score (nSPS) is 10.9. The maximum absolute atomic E-state index is 12.3. The van der Waals surface area contributed by atoms with Crippen molar-refractivity contribution in [2.24, 2.45) is 5.10 Å². The Bertz CT molecular complexity index is 1350. The second-order valence-corrected chi connectivity index (χ2v) is 8.74. The van der Waals surface area contributed by atoms with Crippen molar-refractivity contribution in [3.8, 4) is 0 Å². The van der Waals surface area contributed by atoms with E-state index in [2.05, 4.69) is 31.8 Å². The molecule has 1 amide bonds. The minimum atomic E-state index is -0.766. The molecule has 0 aliphatic carbocycles. The molecule has 0 unspecified atom stereocenters. The van der Waals surface area contributed by atoms with E-state index >= 15 is 0 Å². The fourth-order valence-corrected chi connectivity index (χ4v) is 3.45. The van der Waals surface area contributed by atoms with Crippen LogP contribution in [0.1, 0.15) is 24.8 Å². The van der Waals surface area contributed by atoms with E-state index < -0.39 is 27.2 Å². The highest BCUT2D eigenvalue weighted by molar-refractivity contribution is 9.10. The first kappa shape index (κ1) is 27.9. The number of carbonyl (C=O) groups is 2. The molecule has 3 aromatic rings. The van der Waals surface area contributed by atoms with E-state index in [0.717, 1.165) is 16.6 Å². The summed E-state index contributed by atoms with van der Waals surface area (Å²) in [5.41, 5.74) is 2.97. The second-order valence-electron chi connectivity index (χ2n) is 7.82. The molecule has 0 heterocycles. The van der Waals surface area contributed by atoms with Crippen molar-refractivity contribution in [1.29, 1.82) is 0 Å². The summed E-state index contributed by atoms with van der Waals surface area (Å²) < 4.78 is 6.13. The maximum atomic E-state index is 12.3. The number of ether oxygens (including phenoxy) is 1. The molecule has 12 nitrogen and oxygen atoms in total. The van der Waals surface area contributed by atoms with Crippen LogP contribution in [-0.2, 0) is 14.3 Å². The van der Waals surface area contributed by atoms with Gasteiger partial charge >= 0.3 is 11.7 Å². The van der Waals surface area contributed by atoms with Crippen LogP contribution in [0.15, 0.2) is 82.4 Å². The number of anilines is 2. The zero-order valence-corrected chi connectivity index (χ0v) is 21.4. The first-order valence-electron chi connectivity index (χ1n) is 11.2. The number of halogens is 1. The molecule has 0 spiro atoms. The molecule has 196 valence electrons. The molecule has 3 rings (SSSR count). The monoisotopic (exact) mass is 583 g/mol. The van der Waals surface area contributed by atoms with Crippen molar-refractivity contribution >= 4 is 56.3 Å². The lowest BCUT2D eigenvalue weighted by Crippen LogP contribution is -2.17. The highest BCUT2D eigenvalue weighted by Gasteiger charge is 2.20. The zero-order valence-electron chi connectivity index (χ0n) is 19.8. The van der Waals surface area contributed by atoms with Gasteiger partial charge in [-0.05, 0) is 36.8 Å². The van der Waals surface area contributed by atoms with E-state index in [1.54, 1.807) is 48.5 Å². The van der Waals surface area contributed by atoms with Crippen molar-refractivity contribution in [2.75, 3.05) is 17.3 Å². The van der Waals surface area contributed by atoms with E-state index in [4.69, 9.17) is 4.74 Å². The SMILES string of the molecule is O=C(CCCC(=O)OCC(=NNc1ccc([N+](=O)[O-])cc1[N+](=O)[O-])c1ccc(Br)cc1)Nc1ccccc1. The van der Waals surface area contributed by atoms with E-state index in [0.29, 0.717) is 11.3 Å². The molecule has 3 aromatic carbocycles. The number of hydrogen-bond acceptors (Lipinski definition) is 9. The number of nitrogens with one attached hydrogen (secondary N) is 2. The van der Waals surface area contributed by atoms with Gasteiger partial charge in [0.05, 0.1) is 15.9 Å². The van der Waals surface area contributed by atoms with Gasteiger partial charge in [-0.3, -0.25) is 35.2 Å². The van der Waals surface area contributed by atoms with Crippen molar-refractivity contribution < 1.29 is 24.2 Å². The molecule has 38 heavy (non-hydrogen) atoms. The number of nitrogens with zero attached hydrogens (tertiary/aromatic N) is 3. The van der Waals surface area contributed by atoms with Gasteiger partial charge in [0, 0.05) is 34.6 Å². The molecule has 0 bridgehead atoms. The Balaban J connectivity index is 1.64. The summed E-state index contributed by atoms with van der Waals surface area (Å²) in [6.07, 6.45) is 0.398. The van der Waals surface area contributed by atoms with Gasteiger partial charge < -0.3 is 10.1 Å². The lowest BCUT2D eigenvalue weighted by molar-refractivity contribution is -0.393. The lowest BCUT2D eigenvalue weighted by Gasteiger charge is -2.10. The summed E-state index contributed by atoms with van der Waals surface area (Å²) in [5, 5.41) is 29.3. The van der Waals surface area contributed by atoms with E-state index in [9.17, 15) is 29.8 Å². The second kappa shape index (κ2) is 13.6. The summed E-state index contributed by atoms with van der Waals surface area (Å²) >= 11 is 3.33. The number of rotatable bonds is 12. The van der Waals surface area contributed by atoms with Crippen LogP contribution >= 0.6 is 15.9 Å². The van der Waals surface area contributed by atoms with Crippen LogP contribution in [0.3, 0.4) is 0 Å². The van der Waals surface area contributed by atoms with Crippen LogP contribution in [0.2, 0.25) is 0 Å². The Morgan fingerprint density at radius 2 is 1.63 bits per heavy atom. The summed E-state index contributed by atoms with van der Waals surface area (Å²) in [6, 6.07) is 18.9. The van der Waals surface area contributed by atoms with Crippen LogP contribution in [0.5, 0.6) is 0 Å². The quantitative estimate of drug-likeness (QED) is 0.123. The molecule has 13 heteroatoms. The molecule has 0 saturated carbocycles. The number of amides is 1. The number of nitro groups is 2.